The topological polar surface area (TPSA) is 90.9 Å². The van der Waals surface area contributed by atoms with E-state index in [9.17, 15) is 14.7 Å². The van der Waals surface area contributed by atoms with Gasteiger partial charge in [-0.15, -0.1) is 11.8 Å². The van der Waals surface area contributed by atoms with E-state index in [0.29, 0.717) is 30.5 Å². The van der Waals surface area contributed by atoms with Crippen molar-refractivity contribution < 1.29 is 19.4 Å². The number of aliphatic hydroxyl groups is 1. The number of nitrogens with zero attached hydrogens (tertiary/aromatic N) is 1. The molecule has 3 N–H and O–H groups in total. The maximum absolute atomic E-state index is 13.1. The van der Waals surface area contributed by atoms with E-state index in [2.05, 4.69) is 10.6 Å². The van der Waals surface area contributed by atoms with E-state index >= 15 is 0 Å². The van der Waals surface area contributed by atoms with Gasteiger partial charge >= 0.3 is 0 Å². The number of amides is 2. The molecule has 2 amide bonds. The van der Waals surface area contributed by atoms with Crippen LogP contribution < -0.4 is 15.4 Å². The molecule has 184 valence electrons. The fourth-order valence-corrected chi connectivity index (χ4v) is 6.79. The van der Waals surface area contributed by atoms with Gasteiger partial charge in [0.25, 0.3) is 0 Å². The molecule has 1 saturated carbocycles. The van der Waals surface area contributed by atoms with E-state index in [-0.39, 0.29) is 24.5 Å². The number of methoxy groups -OCH3 is 1. The SMILES string of the molecule is COc1ccc(CNC(=O)[C@H](CSCC2CCCCC2)NC(=O)[C@@H]2CSCN2CCO)cc1. The van der Waals surface area contributed by atoms with Crippen LogP contribution in [0.5, 0.6) is 5.75 Å². The van der Waals surface area contributed by atoms with Gasteiger partial charge in [-0.25, -0.2) is 0 Å². The van der Waals surface area contributed by atoms with Crippen molar-refractivity contribution in [3.05, 3.63) is 29.8 Å². The molecule has 3 rings (SSSR count). The normalized spacial score (nSPS) is 20.4. The number of nitrogens with one attached hydrogen (secondary N) is 2. The third-order valence-corrected chi connectivity index (χ3v) is 8.63. The highest BCUT2D eigenvalue weighted by atomic mass is 32.2. The summed E-state index contributed by atoms with van der Waals surface area (Å²) in [5, 5.41) is 15.3. The number of carbonyl (C=O) groups is 2. The zero-order valence-corrected chi connectivity index (χ0v) is 21.1. The van der Waals surface area contributed by atoms with Crippen LogP contribution in [0.2, 0.25) is 0 Å². The Labute approximate surface area is 205 Å². The Kier molecular flexibility index (Phi) is 11.2. The van der Waals surface area contributed by atoms with Gasteiger partial charge in [-0.05, 0) is 42.2 Å². The summed E-state index contributed by atoms with van der Waals surface area (Å²) in [4.78, 5) is 28.0. The second-order valence-corrected chi connectivity index (χ2v) is 10.8. The summed E-state index contributed by atoms with van der Waals surface area (Å²) in [5.74, 6) is 4.21. The van der Waals surface area contributed by atoms with Crippen molar-refractivity contribution in [3.8, 4) is 5.75 Å². The molecule has 1 aromatic rings. The molecule has 1 heterocycles. The lowest BCUT2D eigenvalue weighted by Crippen LogP contribution is -2.54. The second-order valence-electron chi connectivity index (χ2n) is 8.72. The maximum atomic E-state index is 13.1. The second kappa shape index (κ2) is 14.1. The number of aliphatic hydroxyl groups excluding tert-OH is 1. The van der Waals surface area contributed by atoms with Crippen LogP contribution in [0.4, 0.5) is 0 Å². The third kappa shape index (κ3) is 8.38. The van der Waals surface area contributed by atoms with Crippen LogP contribution in [0.15, 0.2) is 24.3 Å². The lowest BCUT2D eigenvalue weighted by molar-refractivity contribution is -0.130. The molecule has 2 atom stereocenters. The highest BCUT2D eigenvalue weighted by molar-refractivity contribution is 7.99. The zero-order chi connectivity index (χ0) is 23.5. The molecule has 0 radical (unpaired) electrons. The molecule has 2 aliphatic rings. The first kappa shape index (κ1) is 26.2. The van der Waals surface area contributed by atoms with Crippen LogP contribution in [0.1, 0.15) is 37.7 Å². The molecule has 1 aromatic carbocycles. The molecular weight excluding hydrogens is 458 g/mol. The summed E-state index contributed by atoms with van der Waals surface area (Å²) in [6, 6.07) is 6.70. The van der Waals surface area contributed by atoms with Gasteiger partial charge in [-0.3, -0.25) is 14.5 Å². The van der Waals surface area contributed by atoms with Crippen molar-refractivity contribution >= 4 is 35.3 Å². The molecular formula is C24H37N3O4S2. The van der Waals surface area contributed by atoms with Crippen LogP contribution >= 0.6 is 23.5 Å². The highest BCUT2D eigenvalue weighted by Gasteiger charge is 2.33. The van der Waals surface area contributed by atoms with Crippen LogP contribution in [0.25, 0.3) is 0 Å². The van der Waals surface area contributed by atoms with Crippen LogP contribution in [-0.4, -0.2) is 77.3 Å². The Bertz CT molecular complexity index is 744. The molecule has 0 bridgehead atoms. The summed E-state index contributed by atoms with van der Waals surface area (Å²) < 4.78 is 5.19. The molecule has 1 aliphatic heterocycles. The van der Waals surface area contributed by atoms with Crippen LogP contribution in [-0.2, 0) is 16.1 Å². The van der Waals surface area contributed by atoms with Gasteiger partial charge in [-0.1, -0.05) is 31.4 Å². The average Bonchev–Trinajstić information content (AvgIpc) is 3.31. The predicted octanol–water partition coefficient (Wildman–Crippen LogP) is 2.48. The summed E-state index contributed by atoms with van der Waals surface area (Å²) in [7, 11) is 1.62. The molecule has 1 saturated heterocycles. The van der Waals surface area contributed by atoms with Crippen LogP contribution in [0, 0.1) is 5.92 Å². The quantitative estimate of drug-likeness (QED) is 0.410. The Morgan fingerprint density at radius 3 is 2.70 bits per heavy atom. The lowest BCUT2D eigenvalue weighted by Gasteiger charge is -2.26. The molecule has 0 unspecified atom stereocenters. The maximum Gasteiger partial charge on any atom is 0.243 e. The summed E-state index contributed by atoms with van der Waals surface area (Å²) >= 11 is 3.45. The number of rotatable bonds is 12. The van der Waals surface area contributed by atoms with Gasteiger partial charge in [0.2, 0.25) is 11.8 Å². The number of benzene rings is 1. The zero-order valence-electron chi connectivity index (χ0n) is 19.5. The Morgan fingerprint density at radius 1 is 1.24 bits per heavy atom. The molecule has 1 aliphatic carbocycles. The number of thioether (sulfide) groups is 2. The lowest BCUT2D eigenvalue weighted by atomic mass is 9.91. The standard InChI is InChI=1S/C24H37N3O4S2/c1-31-20-9-7-18(8-10-20)13-25-23(29)21(15-32-14-19-5-3-2-4-6-19)26-24(30)22-16-33-17-27(22)11-12-28/h7-10,19,21-22,28H,2-6,11-17H2,1H3,(H,25,29)(H,26,30)/t21-,22-/m0/s1. The van der Waals surface area contributed by atoms with E-state index in [4.69, 9.17) is 4.74 Å². The minimum atomic E-state index is -0.578. The van der Waals surface area contributed by atoms with Crippen molar-refractivity contribution in [1.82, 2.24) is 15.5 Å². The van der Waals surface area contributed by atoms with Crippen molar-refractivity contribution in [3.63, 3.8) is 0 Å². The Balaban J connectivity index is 1.56. The number of β-amino-alcohol motifs (C(OH)–C–C–N with tert-alkyl or cyclic N) is 1. The first-order valence-electron chi connectivity index (χ1n) is 11.8. The average molecular weight is 496 g/mol. The molecule has 33 heavy (non-hydrogen) atoms. The van der Waals surface area contributed by atoms with Crippen molar-refractivity contribution in [2.45, 2.75) is 50.7 Å². The molecule has 0 aromatic heterocycles. The molecule has 9 heteroatoms. The first-order valence-corrected chi connectivity index (χ1v) is 14.1. The van der Waals surface area contributed by atoms with Gasteiger partial charge in [0.05, 0.1) is 19.8 Å². The summed E-state index contributed by atoms with van der Waals surface area (Å²) in [6.45, 7) is 0.890. The Hall–Kier alpha value is -1.42. The fourth-order valence-electron chi connectivity index (χ4n) is 4.28. The first-order chi connectivity index (χ1) is 16.1. The largest absolute Gasteiger partial charge is 0.497 e. The monoisotopic (exact) mass is 495 g/mol. The highest BCUT2D eigenvalue weighted by Crippen LogP contribution is 2.27. The molecule has 2 fully saturated rings. The van der Waals surface area contributed by atoms with E-state index in [0.717, 1.165) is 22.9 Å². The van der Waals surface area contributed by atoms with Crippen LogP contribution in [0.3, 0.4) is 0 Å². The molecule has 7 nitrogen and oxygen atoms in total. The number of hydrogen-bond acceptors (Lipinski definition) is 7. The van der Waals surface area contributed by atoms with Crippen molar-refractivity contribution in [2.24, 2.45) is 5.92 Å². The van der Waals surface area contributed by atoms with E-state index < -0.39 is 6.04 Å². The van der Waals surface area contributed by atoms with Gasteiger partial charge in [0, 0.05) is 30.5 Å². The van der Waals surface area contributed by atoms with Crippen molar-refractivity contribution in [1.29, 1.82) is 0 Å². The van der Waals surface area contributed by atoms with Gasteiger partial charge in [-0.2, -0.15) is 11.8 Å². The van der Waals surface area contributed by atoms with Gasteiger partial charge < -0.3 is 20.5 Å². The van der Waals surface area contributed by atoms with E-state index in [1.807, 2.05) is 29.2 Å². The number of ether oxygens (including phenoxy) is 1. The van der Waals surface area contributed by atoms with E-state index in [1.54, 1.807) is 30.6 Å². The Morgan fingerprint density at radius 2 is 2.00 bits per heavy atom. The fraction of sp³-hybridized carbons (Fsp3) is 0.667. The minimum Gasteiger partial charge on any atom is -0.497 e. The predicted molar refractivity (Wildman–Crippen MR) is 136 cm³/mol. The summed E-state index contributed by atoms with van der Waals surface area (Å²) in [5.41, 5.74) is 0.977. The number of carbonyl (C=O) groups excluding carboxylic acids is 2. The van der Waals surface area contributed by atoms with E-state index in [1.165, 1.54) is 32.1 Å². The van der Waals surface area contributed by atoms with Gasteiger partial charge in [0.1, 0.15) is 11.8 Å². The third-order valence-electron chi connectivity index (χ3n) is 6.29. The van der Waals surface area contributed by atoms with Gasteiger partial charge in [0.15, 0.2) is 0 Å². The number of hydrogen-bond donors (Lipinski definition) is 3. The smallest absolute Gasteiger partial charge is 0.243 e. The molecule has 0 spiro atoms. The summed E-state index contributed by atoms with van der Waals surface area (Å²) in [6.07, 6.45) is 6.46. The van der Waals surface area contributed by atoms with Crippen molar-refractivity contribution in [2.75, 3.05) is 43.4 Å². The minimum absolute atomic E-state index is 0.0212.